The molecule has 4 rings (SSSR count). The van der Waals surface area contributed by atoms with E-state index >= 15 is 0 Å². The molecule has 6 nitrogen and oxygen atoms in total. The summed E-state index contributed by atoms with van der Waals surface area (Å²) in [5.41, 5.74) is 0.921. The van der Waals surface area contributed by atoms with Gasteiger partial charge in [0.2, 0.25) is 5.91 Å². The quantitative estimate of drug-likeness (QED) is 0.315. The number of carbonyl (C=O) groups is 2. The third kappa shape index (κ3) is 6.83. The number of fused-ring (bicyclic) bond motifs is 1. The maximum atomic E-state index is 13.6. The summed E-state index contributed by atoms with van der Waals surface area (Å²) in [6.45, 7) is 2.09. The molecule has 3 aromatic rings. The largest absolute Gasteiger partial charge is 0.497 e. The van der Waals surface area contributed by atoms with Crippen molar-refractivity contribution in [2.24, 2.45) is 0 Å². The maximum Gasteiger partial charge on any atom is 0.261 e. The second-order valence-corrected chi connectivity index (χ2v) is 10.3. The number of nitrogens with one attached hydrogen (secondary N) is 1. The number of rotatable bonds is 10. The first-order chi connectivity index (χ1) is 18.0. The molecule has 1 fully saturated rings. The van der Waals surface area contributed by atoms with Gasteiger partial charge in [0, 0.05) is 12.6 Å². The van der Waals surface area contributed by atoms with E-state index in [4.69, 9.17) is 9.47 Å². The Hall–Kier alpha value is -3.06. The lowest BCUT2D eigenvalue weighted by molar-refractivity contribution is -0.143. The Balaban J connectivity index is 1.53. The number of benzene rings is 3. The summed E-state index contributed by atoms with van der Waals surface area (Å²) in [7, 11) is 1.62. The van der Waals surface area contributed by atoms with Crippen molar-refractivity contribution in [1.29, 1.82) is 0 Å². The third-order valence-electron chi connectivity index (χ3n) is 7.03. The molecule has 37 heavy (non-hydrogen) atoms. The lowest BCUT2D eigenvalue weighted by Gasteiger charge is -2.32. The number of methoxy groups -OCH3 is 1. The van der Waals surface area contributed by atoms with Gasteiger partial charge in [0.25, 0.3) is 5.91 Å². The molecule has 1 saturated carbocycles. The summed E-state index contributed by atoms with van der Waals surface area (Å²) < 4.78 is 12.1. The Bertz CT molecular complexity index is 1210. The minimum Gasteiger partial charge on any atom is -0.497 e. The van der Waals surface area contributed by atoms with Crippen LogP contribution in [0.2, 0.25) is 0 Å². The van der Waals surface area contributed by atoms with Crippen LogP contribution < -0.4 is 14.8 Å². The van der Waals surface area contributed by atoms with E-state index in [2.05, 4.69) is 21.2 Å². The highest BCUT2D eigenvalue weighted by atomic mass is 79.9. The monoisotopic (exact) mass is 566 g/mol. The molecule has 2 amide bonds. The van der Waals surface area contributed by atoms with Gasteiger partial charge in [0.15, 0.2) is 6.61 Å². The number of hydrogen-bond donors (Lipinski definition) is 1. The summed E-state index contributed by atoms with van der Waals surface area (Å²) in [5.74, 6) is 1.01. The van der Waals surface area contributed by atoms with Gasteiger partial charge in [-0.1, -0.05) is 68.7 Å². The highest BCUT2D eigenvalue weighted by Crippen LogP contribution is 2.33. The van der Waals surface area contributed by atoms with Gasteiger partial charge in [-0.05, 0) is 69.7 Å². The first-order valence-corrected chi connectivity index (χ1v) is 13.8. The lowest BCUT2D eigenvalue weighted by atomic mass is 9.95. The van der Waals surface area contributed by atoms with Crippen molar-refractivity contribution in [3.05, 3.63) is 70.7 Å². The van der Waals surface area contributed by atoms with Crippen LogP contribution >= 0.6 is 15.9 Å². The van der Waals surface area contributed by atoms with Gasteiger partial charge >= 0.3 is 0 Å². The number of amides is 2. The fourth-order valence-electron chi connectivity index (χ4n) is 4.94. The van der Waals surface area contributed by atoms with Gasteiger partial charge in [-0.3, -0.25) is 9.59 Å². The van der Waals surface area contributed by atoms with E-state index in [1.165, 1.54) is 6.42 Å². The van der Waals surface area contributed by atoms with E-state index in [1.54, 1.807) is 12.0 Å². The Morgan fingerprint density at radius 1 is 1.03 bits per heavy atom. The van der Waals surface area contributed by atoms with Crippen LogP contribution in [-0.4, -0.2) is 42.5 Å². The number of ether oxygens (including phenoxy) is 2. The number of halogens is 1. The molecule has 0 aromatic heterocycles. The molecular weight excluding hydrogens is 532 g/mol. The van der Waals surface area contributed by atoms with Crippen LogP contribution in [0.3, 0.4) is 0 Å². The normalized spacial score (nSPS) is 14.7. The topological polar surface area (TPSA) is 67.9 Å². The summed E-state index contributed by atoms with van der Waals surface area (Å²) >= 11 is 3.63. The zero-order valence-corrected chi connectivity index (χ0v) is 23.1. The average molecular weight is 568 g/mol. The van der Waals surface area contributed by atoms with Gasteiger partial charge in [0.1, 0.15) is 17.5 Å². The van der Waals surface area contributed by atoms with Crippen LogP contribution in [0, 0.1) is 0 Å². The van der Waals surface area contributed by atoms with Crippen LogP contribution in [0.4, 0.5) is 0 Å². The van der Waals surface area contributed by atoms with E-state index in [0.717, 1.165) is 52.2 Å². The maximum absolute atomic E-state index is 13.6. The van der Waals surface area contributed by atoms with Crippen LogP contribution in [0.1, 0.15) is 51.0 Å². The Kier molecular flexibility index (Phi) is 9.45. The van der Waals surface area contributed by atoms with Crippen molar-refractivity contribution < 1.29 is 19.1 Å². The molecule has 0 bridgehead atoms. The molecule has 1 unspecified atom stereocenters. The molecule has 1 atom stereocenters. The molecule has 1 aliphatic carbocycles. The SMILES string of the molecule is CCC(C(=O)NC1CCCCC1)N(Cc1ccc(OC)cc1)C(=O)COc1ccc2ccccc2c1Br. The Morgan fingerprint density at radius 3 is 2.46 bits per heavy atom. The number of hydrogen-bond acceptors (Lipinski definition) is 4. The fraction of sp³-hybridized carbons (Fsp3) is 0.400. The van der Waals surface area contributed by atoms with Gasteiger partial charge in [0.05, 0.1) is 11.6 Å². The minimum atomic E-state index is -0.583. The van der Waals surface area contributed by atoms with Crippen LogP contribution in [-0.2, 0) is 16.1 Å². The predicted octanol–water partition coefficient (Wildman–Crippen LogP) is 6.25. The van der Waals surface area contributed by atoms with Crippen LogP contribution in [0.25, 0.3) is 10.8 Å². The van der Waals surface area contributed by atoms with Crippen molar-refractivity contribution in [2.75, 3.05) is 13.7 Å². The van der Waals surface area contributed by atoms with Crippen molar-refractivity contribution in [1.82, 2.24) is 10.2 Å². The molecule has 0 radical (unpaired) electrons. The molecule has 0 aliphatic heterocycles. The van der Waals surface area contributed by atoms with Crippen LogP contribution in [0.5, 0.6) is 11.5 Å². The first-order valence-electron chi connectivity index (χ1n) is 13.0. The van der Waals surface area contributed by atoms with Gasteiger partial charge in [-0.2, -0.15) is 0 Å². The predicted molar refractivity (Wildman–Crippen MR) is 150 cm³/mol. The van der Waals surface area contributed by atoms with Crippen molar-refractivity contribution in [2.45, 2.75) is 64.1 Å². The van der Waals surface area contributed by atoms with E-state index in [-0.39, 0.29) is 24.5 Å². The molecule has 0 heterocycles. The summed E-state index contributed by atoms with van der Waals surface area (Å²) in [6.07, 6.45) is 5.98. The molecular formula is C30H35BrN2O4. The van der Waals surface area contributed by atoms with E-state index in [1.807, 2.05) is 67.6 Å². The second kappa shape index (κ2) is 13.0. The number of nitrogens with zero attached hydrogens (tertiary/aromatic N) is 1. The zero-order chi connectivity index (χ0) is 26.2. The summed E-state index contributed by atoms with van der Waals surface area (Å²) in [4.78, 5) is 28.6. The molecule has 196 valence electrons. The van der Waals surface area contributed by atoms with Crippen molar-refractivity contribution in [3.63, 3.8) is 0 Å². The lowest BCUT2D eigenvalue weighted by Crippen LogP contribution is -2.52. The van der Waals surface area contributed by atoms with E-state index < -0.39 is 6.04 Å². The smallest absolute Gasteiger partial charge is 0.261 e. The average Bonchev–Trinajstić information content (AvgIpc) is 2.93. The minimum absolute atomic E-state index is 0.0943. The summed E-state index contributed by atoms with van der Waals surface area (Å²) in [6, 6.07) is 19.0. The van der Waals surface area contributed by atoms with Crippen LogP contribution in [0.15, 0.2) is 65.1 Å². The van der Waals surface area contributed by atoms with Gasteiger partial charge in [-0.25, -0.2) is 0 Å². The first kappa shape index (κ1) is 27.0. The van der Waals surface area contributed by atoms with E-state index in [0.29, 0.717) is 18.7 Å². The van der Waals surface area contributed by atoms with Gasteiger partial charge in [-0.15, -0.1) is 0 Å². The van der Waals surface area contributed by atoms with Crippen molar-refractivity contribution >= 4 is 38.5 Å². The van der Waals surface area contributed by atoms with Crippen molar-refractivity contribution in [3.8, 4) is 11.5 Å². The fourth-order valence-corrected chi connectivity index (χ4v) is 5.55. The van der Waals surface area contributed by atoms with Gasteiger partial charge < -0.3 is 19.7 Å². The molecule has 1 aliphatic rings. The third-order valence-corrected chi connectivity index (χ3v) is 7.85. The standard InChI is InChI=1S/C30H35BrN2O4/c1-3-26(30(35)32-23-10-5-4-6-11-23)33(19-21-13-16-24(36-2)17-14-21)28(34)20-37-27-18-15-22-9-7-8-12-25(22)29(27)31/h7-9,12-18,23,26H,3-6,10-11,19-20H2,1-2H3,(H,32,35). The molecule has 0 spiro atoms. The summed E-state index contributed by atoms with van der Waals surface area (Å²) in [5, 5.41) is 5.31. The zero-order valence-electron chi connectivity index (χ0n) is 21.5. The molecule has 0 saturated heterocycles. The highest BCUT2D eigenvalue weighted by Gasteiger charge is 2.30. The molecule has 1 N–H and O–H groups in total. The highest BCUT2D eigenvalue weighted by molar-refractivity contribution is 9.10. The van der Waals surface area contributed by atoms with E-state index in [9.17, 15) is 9.59 Å². The second-order valence-electron chi connectivity index (χ2n) is 9.52. The molecule has 3 aromatic carbocycles. The Morgan fingerprint density at radius 2 is 1.76 bits per heavy atom. The number of carbonyl (C=O) groups excluding carboxylic acids is 2. The Labute approximate surface area is 227 Å². The molecule has 7 heteroatoms.